The first kappa shape index (κ1) is 29.3. The molecule has 2 aromatic carbocycles. The number of esters is 1. The van der Waals surface area contributed by atoms with E-state index in [9.17, 15) is 19.5 Å². The van der Waals surface area contributed by atoms with E-state index in [1.54, 1.807) is 6.92 Å². The summed E-state index contributed by atoms with van der Waals surface area (Å²) in [5.41, 5.74) is 2.03. The Hall–Kier alpha value is -2.90. The molecule has 2 N–H and O–H groups in total. The van der Waals surface area contributed by atoms with Gasteiger partial charge < -0.3 is 14.7 Å². The first-order chi connectivity index (χ1) is 17.0. The SMILES string of the molecule is CCOC(=O)C(CCc1ccccc1)N[C@@H](Cc1ccccc1)C(=O)N(CC(=O)O)C1CCCC1.Cl. The van der Waals surface area contributed by atoms with Crippen LogP contribution in [0.1, 0.15) is 50.2 Å². The molecule has 3 rings (SSSR count). The fourth-order valence-electron chi connectivity index (χ4n) is 4.73. The van der Waals surface area contributed by atoms with Crippen LogP contribution in [0.2, 0.25) is 0 Å². The Morgan fingerprint density at radius 3 is 2.11 bits per heavy atom. The lowest BCUT2D eigenvalue weighted by atomic mass is 10.00. The fourth-order valence-corrected chi connectivity index (χ4v) is 4.73. The van der Waals surface area contributed by atoms with Crippen molar-refractivity contribution in [3.63, 3.8) is 0 Å². The number of amides is 1. The summed E-state index contributed by atoms with van der Waals surface area (Å²) in [5.74, 6) is -1.72. The molecule has 1 amide bonds. The Morgan fingerprint density at radius 2 is 1.56 bits per heavy atom. The van der Waals surface area contributed by atoms with E-state index >= 15 is 0 Å². The number of nitrogens with zero attached hydrogens (tertiary/aromatic N) is 1. The van der Waals surface area contributed by atoms with E-state index < -0.39 is 24.0 Å². The van der Waals surface area contributed by atoms with Crippen LogP contribution in [0.4, 0.5) is 0 Å². The van der Waals surface area contributed by atoms with Crippen molar-refractivity contribution >= 4 is 30.3 Å². The molecule has 0 bridgehead atoms. The highest BCUT2D eigenvalue weighted by Gasteiger charge is 2.35. The number of carbonyl (C=O) groups excluding carboxylic acids is 2. The molecule has 0 saturated heterocycles. The van der Waals surface area contributed by atoms with Gasteiger partial charge in [0.1, 0.15) is 12.6 Å². The number of aliphatic carboxylic acids is 1. The van der Waals surface area contributed by atoms with Gasteiger partial charge in [-0.2, -0.15) is 0 Å². The number of carboxylic acids is 1. The Bertz CT molecular complexity index is 951. The van der Waals surface area contributed by atoms with Gasteiger partial charge in [-0.05, 0) is 50.2 Å². The van der Waals surface area contributed by atoms with Crippen LogP contribution in [0.25, 0.3) is 0 Å². The van der Waals surface area contributed by atoms with Gasteiger partial charge >= 0.3 is 11.9 Å². The van der Waals surface area contributed by atoms with Crippen LogP contribution in [0.15, 0.2) is 60.7 Å². The summed E-state index contributed by atoms with van der Waals surface area (Å²) >= 11 is 0. The van der Waals surface area contributed by atoms with E-state index in [0.717, 1.165) is 36.8 Å². The van der Waals surface area contributed by atoms with Crippen LogP contribution >= 0.6 is 12.4 Å². The average Bonchev–Trinajstić information content (AvgIpc) is 3.40. The van der Waals surface area contributed by atoms with Crippen LogP contribution in [0.3, 0.4) is 0 Å². The Balaban J connectivity index is 0.00000456. The molecule has 7 nitrogen and oxygen atoms in total. The zero-order valence-corrected chi connectivity index (χ0v) is 21.6. The first-order valence-corrected chi connectivity index (χ1v) is 12.5. The van der Waals surface area contributed by atoms with E-state index in [1.165, 1.54) is 4.90 Å². The second-order valence-electron chi connectivity index (χ2n) is 9.04. The zero-order valence-electron chi connectivity index (χ0n) is 20.8. The van der Waals surface area contributed by atoms with Gasteiger partial charge in [-0.25, -0.2) is 0 Å². The maximum Gasteiger partial charge on any atom is 0.323 e. The smallest absolute Gasteiger partial charge is 0.323 e. The summed E-state index contributed by atoms with van der Waals surface area (Å²) in [6.45, 7) is 1.66. The molecule has 0 heterocycles. The highest BCUT2D eigenvalue weighted by atomic mass is 35.5. The summed E-state index contributed by atoms with van der Waals surface area (Å²) in [6.07, 6.45) is 5.01. The molecular formula is C28H37ClN2O5. The summed E-state index contributed by atoms with van der Waals surface area (Å²) in [4.78, 5) is 39.8. The number of benzene rings is 2. The maximum absolute atomic E-state index is 13.8. The van der Waals surface area contributed by atoms with E-state index in [1.807, 2.05) is 60.7 Å². The van der Waals surface area contributed by atoms with Gasteiger partial charge in [0.15, 0.2) is 0 Å². The Morgan fingerprint density at radius 1 is 0.972 bits per heavy atom. The number of nitrogens with one attached hydrogen (secondary N) is 1. The molecule has 0 radical (unpaired) electrons. The van der Waals surface area contributed by atoms with E-state index in [-0.39, 0.29) is 37.5 Å². The predicted molar refractivity (Wildman–Crippen MR) is 141 cm³/mol. The standard InChI is InChI=1S/C28H36N2O5.ClH/c1-2-35-28(34)24(18-17-21-11-5-3-6-12-21)29-25(19-22-13-7-4-8-14-22)27(33)30(20-26(31)32)23-15-9-10-16-23;/h3-8,11-14,23-25,29H,2,9-10,15-20H2,1H3,(H,31,32);1H/t24?,25-;/m0./s1. The number of halogens is 1. The molecule has 1 aliphatic rings. The van der Waals surface area contributed by atoms with Crippen LogP contribution in [-0.2, 0) is 32.0 Å². The molecule has 0 spiro atoms. The van der Waals surface area contributed by atoms with E-state index in [2.05, 4.69) is 5.32 Å². The maximum atomic E-state index is 13.8. The van der Waals surface area contributed by atoms with Crippen molar-refractivity contribution in [2.24, 2.45) is 0 Å². The number of carbonyl (C=O) groups is 3. The van der Waals surface area contributed by atoms with Gasteiger partial charge in [-0.15, -0.1) is 12.4 Å². The molecule has 1 saturated carbocycles. The lowest BCUT2D eigenvalue weighted by Crippen LogP contribution is -2.56. The van der Waals surface area contributed by atoms with Crippen molar-refractivity contribution in [1.29, 1.82) is 0 Å². The molecule has 196 valence electrons. The lowest BCUT2D eigenvalue weighted by molar-refractivity contribution is -0.149. The molecule has 1 fully saturated rings. The van der Waals surface area contributed by atoms with Gasteiger partial charge in [0.05, 0.1) is 12.6 Å². The van der Waals surface area contributed by atoms with Gasteiger partial charge in [0.2, 0.25) is 5.91 Å². The van der Waals surface area contributed by atoms with Crippen molar-refractivity contribution in [2.75, 3.05) is 13.2 Å². The van der Waals surface area contributed by atoms with Crippen molar-refractivity contribution < 1.29 is 24.2 Å². The minimum Gasteiger partial charge on any atom is -0.480 e. The third-order valence-electron chi connectivity index (χ3n) is 6.47. The van der Waals surface area contributed by atoms with E-state index in [0.29, 0.717) is 19.3 Å². The molecule has 0 aromatic heterocycles. The van der Waals surface area contributed by atoms with Crippen molar-refractivity contribution in [3.05, 3.63) is 71.8 Å². The van der Waals surface area contributed by atoms with Crippen molar-refractivity contribution in [2.45, 2.75) is 70.0 Å². The summed E-state index contributed by atoms with van der Waals surface area (Å²) in [7, 11) is 0. The number of aryl methyl sites for hydroxylation is 1. The molecular weight excluding hydrogens is 480 g/mol. The zero-order chi connectivity index (χ0) is 25.0. The number of hydrogen-bond donors (Lipinski definition) is 2. The minimum absolute atomic E-state index is 0. The molecule has 2 aromatic rings. The Kier molecular flexibility index (Phi) is 12.4. The van der Waals surface area contributed by atoms with E-state index in [4.69, 9.17) is 4.74 Å². The molecule has 1 unspecified atom stereocenters. The van der Waals surface area contributed by atoms with Gasteiger partial charge in [0, 0.05) is 6.04 Å². The first-order valence-electron chi connectivity index (χ1n) is 12.5. The van der Waals surface area contributed by atoms with Gasteiger partial charge in [-0.3, -0.25) is 19.7 Å². The highest BCUT2D eigenvalue weighted by Crippen LogP contribution is 2.24. The minimum atomic E-state index is -1.03. The summed E-state index contributed by atoms with van der Waals surface area (Å²) in [5, 5.41) is 12.8. The quantitative estimate of drug-likeness (QED) is 0.390. The summed E-state index contributed by atoms with van der Waals surface area (Å²) < 4.78 is 5.33. The van der Waals surface area contributed by atoms with Crippen LogP contribution in [0, 0.1) is 0 Å². The Labute approximate surface area is 219 Å². The fraction of sp³-hybridized carbons (Fsp3) is 0.464. The number of rotatable bonds is 13. The number of ether oxygens (including phenoxy) is 1. The topological polar surface area (TPSA) is 95.9 Å². The molecule has 0 aliphatic heterocycles. The molecule has 36 heavy (non-hydrogen) atoms. The predicted octanol–water partition coefficient (Wildman–Crippen LogP) is 4.03. The molecule has 2 atom stereocenters. The second kappa shape index (κ2) is 15.3. The third-order valence-corrected chi connectivity index (χ3v) is 6.47. The highest BCUT2D eigenvalue weighted by molar-refractivity contribution is 5.87. The third kappa shape index (κ3) is 8.95. The molecule has 8 heteroatoms. The second-order valence-corrected chi connectivity index (χ2v) is 9.04. The largest absolute Gasteiger partial charge is 0.480 e. The summed E-state index contributed by atoms with van der Waals surface area (Å²) in [6, 6.07) is 17.9. The van der Waals surface area contributed by atoms with Crippen LogP contribution < -0.4 is 5.32 Å². The lowest BCUT2D eigenvalue weighted by Gasteiger charge is -2.33. The van der Waals surface area contributed by atoms with Gasteiger partial charge in [0.25, 0.3) is 0 Å². The number of hydrogen-bond acceptors (Lipinski definition) is 5. The molecule has 1 aliphatic carbocycles. The van der Waals surface area contributed by atoms with Crippen LogP contribution in [0.5, 0.6) is 0 Å². The van der Waals surface area contributed by atoms with Crippen molar-refractivity contribution in [1.82, 2.24) is 10.2 Å². The average molecular weight is 517 g/mol. The number of carboxylic acid groups (broad SMARTS) is 1. The van der Waals surface area contributed by atoms with Crippen LogP contribution in [-0.4, -0.2) is 59.1 Å². The van der Waals surface area contributed by atoms with Crippen molar-refractivity contribution in [3.8, 4) is 0 Å². The normalized spacial score (nSPS) is 14.9. The van der Waals surface area contributed by atoms with Gasteiger partial charge in [-0.1, -0.05) is 73.5 Å². The monoisotopic (exact) mass is 516 g/mol.